The van der Waals surface area contributed by atoms with Gasteiger partial charge in [0.25, 0.3) is 5.91 Å². The van der Waals surface area contributed by atoms with Crippen LogP contribution >= 0.6 is 11.3 Å². The van der Waals surface area contributed by atoms with Gasteiger partial charge in [0.1, 0.15) is 4.83 Å². The SMILES string of the molecule is Cc1cc(C)c2c(NC(=O)c3ccc(-n4ccnc4)cc3)csc2n1. The van der Waals surface area contributed by atoms with E-state index in [1.807, 2.05) is 60.3 Å². The number of aromatic nitrogens is 3. The fourth-order valence-corrected chi connectivity index (χ4v) is 3.86. The minimum Gasteiger partial charge on any atom is -0.321 e. The molecular formula is C19H16N4OS. The average molecular weight is 348 g/mol. The minimum absolute atomic E-state index is 0.128. The lowest BCUT2D eigenvalue weighted by molar-refractivity contribution is 0.102. The third kappa shape index (κ3) is 2.92. The molecule has 0 atom stereocenters. The number of anilines is 1. The third-order valence-corrected chi connectivity index (χ3v) is 4.92. The Morgan fingerprint density at radius 1 is 1.20 bits per heavy atom. The second-order valence-electron chi connectivity index (χ2n) is 5.88. The first kappa shape index (κ1) is 15.5. The fraction of sp³-hybridized carbons (Fsp3) is 0.105. The van der Waals surface area contributed by atoms with Crippen LogP contribution in [0.2, 0.25) is 0 Å². The Labute approximate surface area is 149 Å². The summed E-state index contributed by atoms with van der Waals surface area (Å²) in [5.74, 6) is -0.128. The summed E-state index contributed by atoms with van der Waals surface area (Å²) in [5, 5.41) is 5.97. The van der Waals surface area contributed by atoms with E-state index < -0.39 is 0 Å². The molecule has 3 aromatic heterocycles. The Morgan fingerprint density at radius 3 is 2.72 bits per heavy atom. The van der Waals surface area contributed by atoms with Crippen LogP contribution < -0.4 is 5.32 Å². The smallest absolute Gasteiger partial charge is 0.255 e. The van der Waals surface area contributed by atoms with Gasteiger partial charge in [0, 0.05) is 40.1 Å². The van der Waals surface area contributed by atoms with E-state index >= 15 is 0 Å². The fourth-order valence-electron chi connectivity index (χ4n) is 2.87. The highest BCUT2D eigenvalue weighted by molar-refractivity contribution is 7.17. The molecule has 1 aromatic carbocycles. The van der Waals surface area contributed by atoms with E-state index in [0.717, 1.165) is 32.8 Å². The van der Waals surface area contributed by atoms with Crippen LogP contribution in [-0.4, -0.2) is 20.4 Å². The minimum atomic E-state index is -0.128. The first-order chi connectivity index (χ1) is 12.1. The molecule has 0 spiro atoms. The van der Waals surface area contributed by atoms with Gasteiger partial charge in [-0.05, 0) is 49.7 Å². The molecular weight excluding hydrogens is 332 g/mol. The number of benzene rings is 1. The van der Waals surface area contributed by atoms with Gasteiger partial charge in [0.15, 0.2) is 0 Å². The number of carbonyl (C=O) groups is 1. The lowest BCUT2D eigenvalue weighted by Gasteiger charge is -2.07. The summed E-state index contributed by atoms with van der Waals surface area (Å²) < 4.78 is 1.89. The van der Waals surface area contributed by atoms with Crippen molar-refractivity contribution in [3.63, 3.8) is 0 Å². The second-order valence-corrected chi connectivity index (χ2v) is 6.74. The predicted molar refractivity (Wildman–Crippen MR) is 101 cm³/mol. The normalized spacial score (nSPS) is 11.0. The number of fused-ring (bicyclic) bond motifs is 1. The van der Waals surface area contributed by atoms with Gasteiger partial charge in [0.2, 0.25) is 0 Å². The Balaban J connectivity index is 1.60. The Bertz CT molecular complexity index is 1050. The highest BCUT2D eigenvalue weighted by Crippen LogP contribution is 2.32. The van der Waals surface area contributed by atoms with Crippen molar-refractivity contribution >= 4 is 33.1 Å². The van der Waals surface area contributed by atoms with E-state index in [0.29, 0.717) is 5.56 Å². The molecule has 0 fully saturated rings. The number of pyridine rings is 1. The van der Waals surface area contributed by atoms with Gasteiger partial charge in [-0.25, -0.2) is 9.97 Å². The maximum absolute atomic E-state index is 12.6. The van der Waals surface area contributed by atoms with E-state index in [1.54, 1.807) is 23.9 Å². The number of thiophene rings is 1. The van der Waals surface area contributed by atoms with Gasteiger partial charge in [-0.15, -0.1) is 11.3 Å². The van der Waals surface area contributed by atoms with Gasteiger partial charge in [0.05, 0.1) is 12.0 Å². The predicted octanol–water partition coefficient (Wildman–Crippen LogP) is 4.35. The van der Waals surface area contributed by atoms with Gasteiger partial charge in [-0.1, -0.05) is 0 Å². The number of hydrogen-bond acceptors (Lipinski definition) is 4. The molecule has 0 aliphatic carbocycles. The van der Waals surface area contributed by atoms with Crippen molar-refractivity contribution in [3.05, 3.63) is 71.3 Å². The molecule has 0 saturated heterocycles. The summed E-state index contributed by atoms with van der Waals surface area (Å²) >= 11 is 1.54. The number of rotatable bonds is 3. The second kappa shape index (κ2) is 6.14. The molecule has 0 aliphatic heterocycles. The summed E-state index contributed by atoms with van der Waals surface area (Å²) in [6.45, 7) is 4.02. The van der Waals surface area contributed by atoms with Crippen molar-refractivity contribution in [2.24, 2.45) is 0 Å². The van der Waals surface area contributed by atoms with Crippen LogP contribution in [0.4, 0.5) is 5.69 Å². The first-order valence-corrected chi connectivity index (χ1v) is 8.75. The van der Waals surface area contributed by atoms with Gasteiger partial charge in [-0.3, -0.25) is 4.79 Å². The van der Waals surface area contributed by atoms with Gasteiger partial charge in [-0.2, -0.15) is 0 Å². The van der Waals surface area contributed by atoms with Crippen LogP contribution in [0.1, 0.15) is 21.6 Å². The number of amides is 1. The summed E-state index contributed by atoms with van der Waals surface area (Å²) in [6, 6.07) is 9.46. The molecule has 0 bridgehead atoms. The van der Waals surface area contributed by atoms with Crippen molar-refractivity contribution < 1.29 is 4.79 Å². The zero-order valence-electron chi connectivity index (χ0n) is 13.9. The molecule has 25 heavy (non-hydrogen) atoms. The van der Waals surface area contributed by atoms with Crippen molar-refractivity contribution in [1.82, 2.24) is 14.5 Å². The summed E-state index contributed by atoms with van der Waals surface area (Å²) in [7, 11) is 0. The quantitative estimate of drug-likeness (QED) is 0.599. The average Bonchev–Trinajstić information content (AvgIpc) is 3.25. The Kier molecular flexibility index (Phi) is 3.82. The van der Waals surface area contributed by atoms with Gasteiger partial charge < -0.3 is 9.88 Å². The van der Waals surface area contributed by atoms with E-state index in [2.05, 4.69) is 15.3 Å². The van der Waals surface area contributed by atoms with Crippen molar-refractivity contribution in [2.45, 2.75) is 13.8 Å². The number of imidazole rings is 1. The van der Waals surface area contributed by atoms with Gasteiger partial charge >= 0.3 is 0 Å². The molecule has 1 N–H and O–H groups in total. The molecule has 6 heteroatoms. The summed E-state index contributed by atoms with van der Waals surface area (Å²) in [6.07, 6.45) is 5.31. The maximum Gasteiger partial charge on any atom is 0.255 e. The highest BCUT2D eigenvalue weighted by atomic mass is 32.1. The molecule has 0 saturated carbocycles. The summed E-state index contributed by atoms with van der Waals surface area (Å²) in [4.78, 5) is 22.1. The van der Waals surface area contributed by atoms with E-state index in [-0.39, 0.29) is 5.91 Å². The van der Waals surface area contributed by atoms with E-state index in [1.165, 1.54) is 0 Å². The zero-order chi connectivity index (χ0) is 17.4. The lowest BCUT2D eigenvalue weighted by atomic mass is 10.1. The molecule has 0 radical (unpaired) electrons. The topological polar surface area (TPSA) is 59.8 Å². The Hall–Kier alpha value is -2.99. The molecule has 4 aromatic rings. The van der Waals surface area contributed by atoms with Crippen LogP contribution in [0.25, 0.3) is 15.9 Å². The molecule has 5 nitrogen and oxygen atoms in total. The Morgan fingerprint density at radius 2 is 2.00 bits per heavy atom. The standard InChI is InChI=1S/C19H16N4OS/c1-12-9-13(2)21-19-17(12)16(10-25-19)22-18(24)14-3-5-15(6-4-14)23-8-7-20-11-23/h3-11H,1-2H3,(H,22,24). The highest BCUT2D eigenvalue weighted by Gasteiger charge is 2.13. The molecule has 124 valence electrons. The number of nitrogens with one attached hydrogen (secondary N) is 1. The first-order valence-electron chi connectivity index (χ1n) is 7.87. The van der Waals surface area contributed by atoms with Crippen LogP contribution in [0.3, 0.4) is 0 Å². The largest absolute Gasteiger partial charge is 0.321 e. The van der Waals surface area contributed by atoms with Crippen molar-refractivity contribution in [2.75, 3.05) is 5.32 Å². The molecule has 0 unspecified atom stereocenters. The lowest BCUT2D eigenvalue weighted by Crippen LogP contribution is -2.11. The number of aryl methyl sites for hydroxylation is 2. The molecule has 3 heterocycles. The molecule has 4 rings (SSSR count). The molecule has 1 amide bonds. The number of nitrogens with zero attached hydrogens (tertiary/aromatic N) is 3. The van der Waals surface area contributed by atoms with Crippen molar-refractivity contribution in [1.29, 1.82) is 0 Å². The van der Waals surface area contributed by atoms with Crippen LogP contribution in [0.15, 0.2) is 54.4 Å². The monoisotopic (exact) mass is 348 g/mol. The van der Waals surface area contributed by atoms with Crippen LogP contribution in [0, 0.1) is 13.8 Å². The zero-order valence-corrected chi connectivity index (χ0v) is 14.7. The van der Waals surface area contributed by atoms with Crippen LogP contribution in [-0.2, 0) is 0 Å². The van der Waals surface area contributed by atoms with Crippen molar-refractivity contribution in [3.8, 4) is 5.69 Å². The van der Waals surface area contributed by atoms with Crippen LogP contribution in [0.5, 0.6) is 0 Å². The van der Waals surface area contributed by atoms with E-state index in [9.17, 15) is 4.79 Å². The molecule has 0 aliphatic rings. The third-order valence-electron chi connectivity index (χ3n) is 4.05. The maximum atomic E-state index is 12.6. The number of hydrogen-bond donors (Lipinski definition) is 1. The summed E-state index contributed by atoms with van der Waals surface area (Å²) in [5.41, 5.74) is 4.49. The van der Waals surface area contributed by atoms with E-state index in [4.69, 9.17) is 0 Å². The number of carbonyl (C=O) groups excluding carboxylic acids is 1.